The number of sulfonamides is 1. The Hall–Kier alpha value is -2.38. The highest BCUT2D eigenvalue weighted by Gasteiger charge is 2.19. The van der Waals surface area contributed by atoms with Crippen molar-refractivity contribution < 1.29 is 13.2 Å². The van der Waals surface area contributed by atoms with Crippen molar-refractivity contribution in [3.05, 3.63) is 92.5 Å². The summed E-state index contributed by atoms with van der Waals surface area (Å²) in [5, 5.41) is 3.91. The first-order valence-corrected chi connectivity index (χ1v) is 12.2. The van der Waals surface area contributed by atoms with Crippen molar-refractivity contribution in [3.63, 3.8) is 0 Å². The van der Waals surface area contributed by atoms with Crippen LogP contribution in [0.5, 0.6) is 0 Å². The third-order valence-electron chi connectivity index (χ3n) is 5.18. The summed E-state index contributed by atoms with van der Waals surface area (Å²) in [6.07, 6.45) is 0.462. The lowest BCUT2D eigenvalue weighted by Crippen LogP contribution is -2.33. The largest absolute Gasteiger partial charge is 0.325 e. The Morgan fingerprint density at radius 1 is 0.875 bits per heavy atom. The maximum Gasteiger partial charge on any atom is 0.241 e. The maximum absolute atomic E-state index is 12.7. The number of rotatable bonds is 7. The molecule has 0 aliphatic rings. The zero-order chi connectivity index (χ0) is 23.5. The average Bonchev–Trinajstić information content (AvgIpc) is 2.73. The van der Waals surface area contributed by atoms with Gasteiger partial charge >= 0.3 is 0 Å². The molecule has 1 amide bonds. The maximum atomic E-state index is 12.7. The fourth-order valence-corrected chi connectivity index (χ4v) is 5.02. The molecule has 8 heteroatoms. The molecule has 3 aromatic rings. The van der Waals surface area contributed by atoms with E-state index < -0.39 is 22.5 Å². The summed E-state index contributed by atoms with van der Waals surface area (Å²) < 4.78 is 27.9. The molecule has 0 bridgehead atoms. The van der Waals surface area contributed by atoms with Crippen LogP contribution < -0.4 is 10.0 Å². The first-order chi connectivity index (χ1) is 15.1. The molecule has 0 radical (unpaired) electrons. The minimum absolute atomic E-state index is 0.166. The summed E-state index contributed by atoms with van der Waals surface area (Å²) in [6.45, 7) is 5.10. The van der Waals surface area contributed by atoms with E-state index in [2.05, 4.69) is 10.0 Å². The van der Waals surface area contributed by atoms with Crippen LogP contribution in [-0.2, 0) is 21.2 Å². The van der Waals surface area contributed by atoms with Crippen LogP contribution >= 0.6 is 23.2 Å². The van der Waals surface area contributed by atoms with E-state index in [9.17, 15) is 13.2 Å². The molecule has 0 aromatic heterocycles. The van der Waals surface area contributed by atoms with Crippen LogP contribution in [0.25, 0.3) is 0 Å². The van der Waals surface area contributed by atoms with Crippen LogP contribution in [0.15, 0.2) is 59.5 Å². The zero-order valence-electron chi connectivity index (χ0n) is 18.0. The number of hydrogen-bond acceptors (Lipinski definition) is 3. The highest BCUT2D eigenvalue weighted by Crippen LogP contribution is 2.26. The predicted molar refractivity (Wildman–Crippen MR) is 130 cm³/mol. The Morgan fingerprint density at radius 3 is 2.28 bits per heavy atom. The second-order valence-corrected chi connectivity index (χ2v) is 10.2. The van der Waals surface area contributed by atoms with Gasteiger partial charge in [0.25, 0.3) is 0 Å². The number of carbonyl (C=O) groups is 1. The van der Waals surface area contributed by atoms with Gasteiger partial charge in [0.2, 0.25) is 15.9 Å². The van der Waals surface area contributed by atoms with Crippen molar-refractivity contribution in [2.75, 3.05) is 11.9 Å². The van der Waals surface area contributed by atoms with Gasteiger partial charge in [0.05, 0.1) is 11.4 Å². The molecule has 0 unspecified atom stereocenters. The van der Waals surface area contributed by atoms with E-state index >= 15 is 0 Å². The molecule has 0 saturated carbocycles. The van der Waals surface area contributed by atoms with Crippen LogP contribution in [0, 0.1) is 20.8 Å². The normalized spacial score (nSPS) is 11.4. The summed E-state index contributed by atoms with van der Waals surface area (Å²) in [7, 11) is -3.84. The Labute approximate surface area is 198 Å². The molecule has 0 heterocycles. The highest BCUT2D eigenvalue weighted by molar-refractivity contribution is 7.89. The van der Waals surface area contributed by atoms with E-state index in [0.717, 1.165) is 22.3 Å². The van der Waals surface area contributed by atoms with Crippen LogP contribution in [0.3, 0.4) is 0 Å². The quantitative estimate of drug-likeness (QED) is 0.463. The average molecular weight is 491 g/mol. The third-order valence-corrected chi connectivity index (χ3v) is 7.33. The molecule has 0 atom stereocenters. The fraction of sp³-hybridized carbons (Fsp3) is 0.208. The van der Waals surface area contributed by atoms with Crippen molar-refractivity contribution >= 4 is 44.8 Å². The second kappa shape index (κ2) is 10.0. The predicted octanol–water partition coefficient (Wildman–Crippen LogP) is 5.43. The lowest BCUT2D eigenvalue weighted by Gasteiger charge is -2.14. The first kappa shape index (κ1) is 24.3. The van der Waals surface area contributed by atoms with Crippen molar-refractivity contribution in [2.24, 2.45) is 0 Å². The van der Waals surface area contributed by atoms with Crippen LogP contribution in [0.2, 0.25) is 10.0 Å². The summed E-state index contributed by atoms with van der Waals surface area (Å²) in [5.74, 6) is -0.488. The van der Waals surface area contributed by atoms with E-state index in [4.69, 9.17) is 23.2 Å². The minimum atomic E-state index is -3.84. The van der Waals surface area contributed by atoms with Crippen molar-refractivity contribution in [2.45, 2.75) is 32.1 Å². The lowest BCUT2D eigenvalue weighted by atomic mass is 10.0. The standard InChI is InChI=1S/C24H24Cl2N2O3S/c1-15-10-17(3)23(11-16(15)2)32(30,31)27-14-24(29)28-22-9-8-20(25)13-19(22)12-18-6-4-5-7-21(18)26/h4-11,13,27H,12,14H2,1-3H3,(H,28,29). The van der Waals surface area contributed by atoms with E-state index in [1.54, 1.807) is 37.3 Å². The molecule has 0 aliphatic heterocycles. The molecule has 0 fully saturated rings. The topological polar surface area (TPSA) is 75.3 Å². The number of nitrogens with one attached hydrogen (secondary N) is 2. The van der Waals surface area contributed by atoms with E-state index in [1.165, 1.54) is 0 Å². The molecule has 3 aromatic carbocycles. The molecule has 0 aliphatic carbocycles. The van der Waals surface area contributed by atoms with Gasteiger partial charge in [-0.25, -0.2) is 13.1 Å². The van der Waals surface area contributed by atoms with Gasteiger partial charge in [0.1, 0.15) is 0 Å². The first-order valence-electron chi connectivity index (χ1n) is 9.96. The molecule has 5 nitrogen and oxygen atoms in total. The van der Waals surface area contributed by atoms with Crippen LogP contribution in [-0.4, -0.2) is 20.9 Å². The molecule has 2 N–H and O–H groups in total. The van der Waals surface area contributed by atoms with Gasteiger partial charge in [-0.15, -0.1) is 0 Å². The monoisotopic (exact) mass is 490 g/mol. The fourth-order valence-electron chi connectivity index (χ4n) is 3.33. The molecular formula is C24H24Cl2N2O3S. The minimum Gasteiger partial charge on any atom is -0.325 e. The third kappa shape index (κ3) is 5.90. The number of benzene rings is 3. The van der Waals surface area contributed by atoms with E-state index in [1.807, 2.05) is 38.1 Å². The number of hydrogen-bond donors (Lipinski definition) is 2. The van der Waals surface area contributed by atoms with Crippen molar-refractivity contribution in [1.82, 2.24) is 4.72 Å². The summed E-state index contributed by atoms with van der Waals surface area (Å²) in [6, 6.07) is 16.0. The van der Waals surface area contributed by atoms with Gasteiger partial charge in [-0.3, -0.25) is 4.79 Å². The van der Waals surface area contributed by atoms with Gasteiger partial charge in [-0.1, -0.05) is 47.5 Å². The molecular weight excluding hydrogens is 467 g/mol. The summed E-state index contributed by atoms with van der Waals surface area (Å²) >= 11 is 12.4. The lowest BCUT2D eigenvalue weighted by molar-refractivity contribution is -0.115. The summed E-state index contributed by atoms with van der Waals surface area (Å²) in [4.78, 5) is 12.7. The smallest absolute Gasteiger partial charge is 0.241 e. The van der Waals surface area contributed by atoms with Crippen molar-refractivity contribution in [3.8, 4) is 0 Å². The highest BCUT2D eigenvalue weighted by atomic mass is 35.5. The Kier molecular flexibility index (Phi) is 7.62. The SMILES string of the molecule is Cc1cc(C)c(S(=O)(=O)NCC(=O)Nc2ccc(Cl)cc2Cc2ccccc2Cl)cc1C. The molecule has 0 spiro atoms. The molecule has 3 rings (SSSR count). The Bertz CT molecular complexity index is 1270. The Morgan fingerprint density at radius 2 is 1.56 bits per heavy atom. The number of aryl methyl sites for hydroxylation is 3. The zero-order valence-corrected chi connectivity index (χ0v) is 20.3. The molecule has 32 heavy (non-hydrogen) atoms. The van der Waals surface area contributed by atoms with Gasteiger partial charge < -0.3 is 5.32 Å². The van der Waals surface area contributed by atoms with Gasteiger partial charge in [0.15, 0.2) is 0 Å². The number of halogens is 2. The van der Waals surface area contributed by atoms with Gasteiger partial charge in [-0.2, -0.15) is 0 Å². The van der Waals surface area contributed by atoms with E-state index in [-0.39, 0.29) is 4.90 Å². The van der Waals surface area contributed by atoms with Crippen LogP contribution in [0.1, 0.15) is 27.8 Å². The number of anilines is 1. The van der Waals surface area contributed by atoms with Crippen LogP contribution in [0.4, 0.5) is 5.69 Å². The Balaban J connectivity index is 1.74. The van der Waals surface area contributed by atoms with Gasteiger partial charge in [0, 0.05) is 22.2 Å². The van der Waals surface area contributed by atoms with E-state index in [0.29, 0.717) is 27.7 Å². The summed E-state index contributed by atoms with van der Waals surface area (Å²) in [5.41, 5.74) is 4.70. The number of carbonyl (C=O) groups excluding carboxylic acids is 1. The second-order valence-electron chi connectivity index (χ2n) is 7.64. The van der Waals surface area contributed by atoms with Gasteiger partial charge in [-0.05, 0) is 78.9 Å². The van der Waals surface area contributed by atoms with Crippen molar-refractivity contribution in [1.29, 1.82) is 0 Å². The number of amides is 1. The molecule has 168 valence electrons. The molecule has 0 saturated heterocycles.